The lowest BCUT2D eigenvalue weighted by atomic mass is 9.94. The van der Waals surface area contributed by atoms with Gasteiger partial charge in [0, 0.05) is 6.54 Å². The second-order valence-electron chi connectivity index (χ2n) is 3.53. The molecular weight excluding hydrogens is 174 g/mol. The highest BCUT2D eigenvalue weighted by molar-refractivity contribution is 7.88. The summed E-state index contributed by atoms with van der Waals surface area (Å²) >= 11 is 0. The molecule has 0 amide bonds. The van der Waals surface area contributed by atoms with E-state index in [1.54, 1.807) is 0 Å². The van der Waals surface area contributed by atoms with Gasteiger partial charge in [-0.15, -0.1) is 0 Å². The number of nitrogens with one attached hydrogen (secondary N) is 1. The number of rotatable bonds is 5. The fraction of sp³-hybridized carbons (Fsp3) is 1.00. The second-order valence-corrected chi connectivity index (χ2v) is 5.37. The molecule has 0 aliphatic rings. The maximum atomic E-state index is 10.8. The van der Waals surface area contributed by atoms with Crippen LogP contribution in [0.25, 0.3) is 0 Å². The van der Waals surface area contributed by atoms with Gasteiger partial charge in [-0.25, -0.2) is 13.1 Å². The van der Waals surface area contributed by atoms with Crippen LogP contribution in [-0.2, 0) is 10.0 Å². The van der Waals surface area contributed by atoms with Gasteiger partial charge in [-0.3, -0.25) is 0 Å². The van der Waals surface area contributed by atoms with Gasteiger partial charge in [-0.1, -0.05) is 27.2 Å². The minimum Gasteiger partial charge on any atom is -0.215 e. The van der Waals surface area contributed by atoms with Crippen molar-refractivity contribution in [1.29, 1.82) is 0 Å². The summed E-state index contributed by atoms with van der Waals surface area (Å²) in [6.07, 6.45) is 2.21. The fourth-order valence-electron chi connectivity index (χ4n) is 1.11. The van der Waals surface area contributed by atoms with Gasteiger partial charge in [-0.05, 0) is 11.8 Å². The molecule has 3 nitrogen and oxygen atoms in total. The average molecular weight is 193 g/mol. The summed E-state index contributed by atoms with van der Waals surface area (Å²) in [5, 5.41) is 0. The average Bonchev–Trinajstić information content (AvgIpc) is 1.85. The maximum absolute atomic E-state index is 10.8. The zero-order valence-corrected chi connectivity index (χ0v) is 9.11. The lowest BCUT2D eigenvalue weighted by Crippen LogP contribution is -2.30. The summed E-state index contributed by atoms with van der Waals surface area (Å²) in [7, 11) is -3.01. The van der Waals surface area contributed by atoms with Crippen LogP contribution in [0.15, 0.2) is 0 Å². The summed E-state index contributed by atoms with van der Waals surface area (Å²) < 4.78 is 24.1. The molecule has 0 fully saturated rings. The Hall–Kier alpha value is -0.0900. The fourth-order valence-corrected chi connectivity index (χ4v) is 1.63. The number of sulfonamides is 1. The van der Waals surface area contributed by atoms with Crippen molar-refractivity contribution in [2.75, 3.05) is 12.8 Å². The molecule has 0 aliphatic carbocycles. The van der Waals surface area contributed by atoms with Crippen molar-refractivity contribution in [2.24, 2.45) is 11.8 Å². The van der Waals surface area contributed by atoms with Crippen LogP contribution < -0.4 is 4.72 Å². The minimum absolute atomic E-state index is 0.444. The third-order valence-electron chi connectivity index (χ3n) is 2.07. The summed E-state index contributed by atoms with van der Waals surface area (Å²) in [6.45, 7) is 6.86. The Morgan fingerprint density at radius 1 is 1.33 bits per heavy atom. The van der Waals surface area contributed by atoms with Crippen molar-refractivity contribution >= 4 is 10.0 Å². The molecule has 1 unspecified atom stereocenters. The maximum Gasteiger partial charge on any atom is 0.208 e. The first-order valence-corrected chi connectivity index (χ1v) is 6.20. The van der Waals surface area contributed by atoms with E-state index in [0.717, 1.165) is 6.42 Å². The van der Waals surface area contributed by atoms with Crippen LogP contribution in [0.5, 0.6) is 0 Å². The Morgan fingerprint density at radius 3 is 2.08 bits per heavy atom. The lowest BCUT2D eigenvalue weighted by Gasteiger charge is -2.18. The van der Waals surface area contributed by atoms with Crippen molar-refractivity contribution in [2.45, 2.75) is 27.2 Å². The van der Waals surface area contributed by atoms with Gasteiger partial charge in [-0.2, -0.15) is 0 Å². The van der Waals surface area contributed by atoms with E-state index < -0.39 is 10.0 Å². The van der Waals surface area contributed by atoms with E-state index in [2.05, 4.69) is 25.5 Å². The Balaban J connectivity index is 3.90. The molecule has 4 heteroatoms. The van der Waals surface area contributed by atoms with Gasteiger partial charge in [0.15, 0.2) is 0 Å². The van der Waals surface area contributed by atoms with Crippen LogP contribution >= 0.6 is 0 Å². The summed E-state index contributed by atoms with van der Waals surface area (Å²) in [5.74, 6) is 0.976. The van der Waals surface area contributed by atoms with Crippen molar-refractivity contribution < 1.29 is 8.42 Å². The molecule has 0 saturated carbocycles. The molecule has 0 aliphatic heterocycles. The smallest absolute Gasteiger partial charge is 0.208 e. The normalized spacial score (nSPS) is 15.1. The van der Waals surface area contributed by atoms with Gasteiger partial charge >= 0.3 is 0 Å². The molecule has 1 atom stereocenters. The molecule has 0 aromatic heterocycles. The van der Waals surface area contributed by atoms with E-state index in [0.29, 0.717) is 18.4 Å². The summed E-state index contributed by atoms with van der Waals surface area (Å²) in [5.41, 5.74) is 0. The van der Waals surface area contributed by atoms with Gasteiger partial charge in [0.1, 0.15) is 0 Å². The molecular formula is C8H19NO2S. The van der Waals surface area contributed by atoms with Crippen molar-refractivity contribution in [1.82, 2.24) is 4.72 Å². The van der Waals surface area contributed by atoms with Crippen molar-refractivity contribution in [3.05, 3.63) is 0 Å². The van der Waals surface area contributed by atoms with E-state index >= 15 is 0 Å². The van der Waals surface area contributed by atoms with Crippen LogP contribution in [0.2, 0.25) is 0 Å². The monoisotopic (exact) mass is 193 g/mol. The first kappa shape index (κ1) is 11.9. The SMILES string of the molecule is CCC(CNS(C)(=O)=O)C(C)C. The predicted octanol–water partition coefficient (Wildman–Crippen LogP) is 1.22. The Morgan fingerprint density at radius 2 is 1.83 bits per heavy atom. The quantitative estimate of drug-likeness (QED) is 0.713. The summed E-state index contributed by atoms with van der Waals surface area (Å²) in [6, 6.07) is 0. The van der Waals surface area contributed by atoms with Crippen LogP contribution in [0, 0.1) is 11.8 Å². The van der Waals surface area contributed by atoms with E-state index in [-0.39, 0.29) is 0 Å². The van der Waals surface area contributed by atoms with E-state index in [1.165, 1.54) is 6.26 Å². The van der Waals surface area contributed by atoms with Gasteiger partial charge in [0.05, 0.1) is 6.26 Å². The predicted molar refractivity (Wildman–Crippen MR) is 51.5 cm³/mol. The van der Waals surface area contributed by atoms with Gasteiger partial charge < -0.3 is 0 Å². The third-order valence-corrected chi connectivity index (χ3v) is 2.77. The number of hydrogen-bond donors (Lipinski definition) is 1. The molecule has 0 aromatic rings. The standard InChI is InChI=1S/C8H19NO2S/c1-5-8(7(2)3)6-9-12(4,10)11/h7-9H,5-6H2,1-4H3. The Bertz CT molecular complexity index is 209. The van der Waals surface area contributed by atoms with E-state index in [9.17, 15) is 8.42 Å². The first-order valence-electron chi connectivity index (χ1n) is 4.31. The lowest BCUT2D eigenvalue weighted by molar-refractivity contribution is 0.371. The minimum atomic E-state index is -3.01. The van der Waals surface area contributed by atoms with Crippen molar-refractivity contribution in [3.63, 3.8) is 0 Å². The second kappa shape index (κ2) is 4.82. The highest BCUT2D eigenvalue weighted by Crippen LogP contribution is 2.13. The molecule has 0 heterocycles. The van der Waals surface area contributed by atoms with Gasteiger partial charge in [0.25, 0.3) is 0 Å². The largest absolute Gasteiger partial charge is 0.215 e. The number of hydrogen-bond acceptors (Lipinski definition) is 2. The topological polar surface area (TPSA) is 46.2 Å². The van der Waals surface area contributed by atoms with Crippen LogP contribution in [0.1, 0.15) is 27.2 Å². The molecule has 0 bridgehead atoms. The molecule has 0 saturated heterocycles. The highest BCUT2D eigenvalue weighted by Gasteiger charge is 2.12. The highest BCUT2D eigenvalue weighted by atomic mass is 32.2. The molecule has 12 heavy (non-hydrogen) atoms. The van der Waals surface area contributed by atoms with E-state index in [4.69, 9.17) is 0 Å². The molecule has 74 valence electrons. The third kappa shape index (κ3) is 5.55. The Kier molecular flexibility index (Phi) is 4.78. The molecule has 0 aromatic carbocycles. The van der Waals surface area contributed by atoms with Crippen LogP contribution in [0.4, 0.5) is 0 Å². The first-order chi connectivity index (χ1) is 5.37. The molecule has 0 spiro atoms. The van der Waals surface area contributed by atoms with Gasteiger partial charge in [0.2, 0.25) is 10.0 Å². The Labute approximate surface area is 75.6 Å². The molecule has 1 N–H and O–H groups in total. The van der Waals surface area contributed by atoms with Crippen molar-refractivity contribution in [3.8, 4) is 0 Å². The zero-order valence-electron chi connectivity index (χ0n) is 8.29. The molecule has 0 rings (SSSR count). The van der Waals surface area contributed by atoms with Crippen LogP contribution in [-0.4, -0.2) is 21.2 Å². The molecule has 0 radical (unpaired) electrons. The van der Waals surface area contributed by atoms with E-state index in [1.807, 2.05) is 0 Å². The van der Waals surface area contributed by atoms with Crippen LogP contribution in [0.3, 0.4) is 0 Å². The zero-order chi connectivity index (χ0) is 9.78. The summed E-state index contributed by atoms with van der Waals surface area (Å²) in [4.78, 5) is 0.